The largest absolute Gasteiger partial charge is 0.462 e. The molecule has 0 spiro atoms. The van der Waals surface area contributed by atoms with Crippen LogP contribution < -0.4 is 16.0 Å². The second-order valence-corrected chi connectivity index (χ2v) is 16.4. The summed E-state index contributed by atoms with van der Waals surface area (Å²) in [5.74, 6) is -1.13. The monoisotopic (exact) mass is 743 g/mol. The Hall–Kier alpha value is -4.38. The number of hydrogen-bond donors (Lipinski definition) is 3. The van der Waals surface area contributed by atoms with Gasteiger partial charge in [-0.1, -0.05) is 68.8 Å². The fourth-order valence-electron chi connectivity index (χ4n) is 5.82. The Kier molecular flexibility index (Phi) is 12.4. The number of amides is 3. The molecule has 51 heavy (non-hydrogen) atoms. The van der Waals surface area contributed by atoms with Crippen LogP contribution in [0.1, 0.15) is 77.8 Å². The smallest absolute Gasteiger partial charge is 0.341 e. The van der Waals surface area contributed by atoms with Crippen molar-refractivity contribution in [3.05, 3.63) is 117 Å². The summed E-state index contributed by atoms with van der Waals surface area (Å²) in [7, 11) is 0. The average Bonchev–Trinajstić information content (AvgIpc) is 3.46. The number of esters is 1. The lowest BCUT2D eigenvalue weighted by atomic mass is 9.72. The molecule has 5 rings (SSSR count). The SMILES string of the molecule is CCOC(=O)c1c(NC(=O)C(C)Sc2cccc(NC(=O)/C(=C\c3ccc(Cl)cc3)NC(=O)c3ccccc3)c2)sc2c1CCC(C(C)(C)C)C2. The number of ether oxygens (including phenoxy) is 1. The zero-order valence-corrected chi connectivity index (χ0v) is 31.7. The Bertz CT molecular complexity index is 1930. The van der Waals surface area contributed by atoms with Crippen molar-refractivity contribution in [3.63, 3.8) is 0 Å². The maximum absolute atomic E-state index is 13.6. The third-order valence-electron chi connectivity index (χ3n) is 8.69. The number of hydrogen-bond acceptors (Lipinski definition) is 7. The zero-order valence-electron chi connectivity index (χ0n) is 29.3. The predicted octanol–water partition coefficient (Wildman–Crippen LogP) is 9.26. The fourth-order valence-corrected chi connectivity index (χ4v) is 8.19. The minimum atomic E-state index is -0.530. The highest BCUT2D eigenvalue weighted by atomic mass is 35.5. The molecule has 0 fully saturated rings. The maximum atomic E-state index is 13.6. The lowest BCUT2D eigenvalue weighted by molar-refractivity contribution is -0.115. The molecule has 0 radical (unpaired) electrons. The number of carbonyl (C=O) groups excluding carboxylic acids is 4. The topological polar surface area (TPSA) is 114 Å². The Balaban J connectivity index is 1.30. The van der Waals surface area contributed by atoms with Gasteiger partial charge in [0, 0.05) is 26.0 Å². The fraction of sp³-hybridized carbons (Fsp3) is 0.300. The van der Waals surface area contributed by atoms with Crippen LogP contribution in [0.3, 0.4) is 0 Å². The number of nitrogens with one attached hydrogen (secondary N) is 3. The minimum absolute atomic E-state index is 0.0434. The Labute approximate surface area is 312 Å². The molecule has 266 valence electrons. The summed E-state index contributed by atoms with van der Waals surface area (Å²) >= 11 is 8.85. The van der Waals surface area contributed by atoms with Gasteiger partial charge in [-0.15, -0.1) is 23.1 Å². The van der Waals surface area contributed by atoms with Crippen molar-refractivity contribution in [2.24, 2.45) is 11.3 Å². The van der Waals surface area contributed by atoms with Crippen LogP contribution >= 0.6 is 34.7 Å². The van der Waals surface area contributed by atoms with E-state index in [1.807, 2.05) is 6.07 Å². The Morgan fingerprint density at radius 3 is 2.41 bits per heavy atom. The molecule has 1 aliphatic carbocycles. The zero-order chi connectivity index (χ0) is 36.7. The molecule has 2 atom stereocenters. The molecule has 3 N–H and O–H groups in total. The van der Waals surface area contributed by atoms with Gasteiger partial charge >= 0.3 is 5.97 Å². The molecule has 0 saturated carbocycles. The normalized spacial score (nSPS) is 14.9. The molecule has 2 unspecified atom stereocenters. The summed E-state index contributed by atoms with van der Waals surface area (Å²) in [6.45, 7) is 10.5. The highest BCUT2D eigenvalue weighted by Crippen LogP contribution is 2.44. The van der Waals surface area contributed by atoms with Crippen LogP contribution in [-0.4, -0.2) is 35.5 Å². The van der Waals surface area contributed by atoms with Crippen LogP contribution in [0, 0.1) is 11.3 Å². The first-order valence-corrected chi connectivity index (χ1v) is 18.9. The summed E-state index contributed by atoms with van der Waals surface area (Å²) in [4.78, 5) is 55.1. The first-order valence-electron chi connectivity index (χ1n) is 16.9. The van der Waals surface area contributed by atoms with Crippen molar-refractivity contribution >= 4 is 75.2 Å². The van der Waals surface area contributed by atoms with Crippen molar-refractivity contribution < 1.29 is 23.9 Å². The van der Waals surface area contributed by atoms with Crippen LogP contribution in [0.4, 0.5) is 10.7 Å². The molecule has 4 aromatic rings. The van der Waals surface area contributed by atoms with E-state index >= 15 is 0 Å². The summed E-state index contributed by atoms with van der Waals surface area (Å²) in [6, 6.07) is 22.7. The van der Waals surface area contributed by atoms with E-state index in [4.69, 9.17) is 16.3 Å². The highest BCUT2D eigenvalue weighted by molar-refractivity contribution is 8.00. The van der Waals surface area contributed by atoms with Crippen LogP contribution in [0.25, 0.3) is 6.08 Å². The number of thiophene rings is 1. The average molecular weight is 744 g/mol. The highest BCUT2D eigenvalue weighted by Gasteiger charge is 2.35. The van der Waals surface area contributed by atoms with E-state index in [-0.39, 0.29) is 23.6 Å². The minimum Gasteiger partial charge on any atom is -0.462 e. The molecule has 1 heterocycles. The standard InChI is InChI=1S/C40H42ClN3O5S2/c1-6-49-39(48)34-31-20-17-27(40(3,4)5)22-33(31)51-38(34)44-35(45)24(2)50-30-14-10-13-29(23-30)42-37(47)32(21-25-15-18-28(41)19-16-25)43-36(46)26-11-8-7-9-12-26/h7-16,18-19,21,23-24,27H,6,17,20,22H2,1-5H3,(H,42,47)(H,43,46)(H,44,45)/b32-21+. The van der Waals surface area contributed by atoms with E-state index < -0.39 is 23.0 Å². The first kappa shape index (κ1) is 37.9. The lowest BCUT2D eigenvalue weighted by Crippen LogP contribution is -2.30. The van der Waals surface area contributed by atoms with Crippen molar-refractivity contribution in [2.45, 2.75) is 64.0 Å². The Morgan fingerprint density at radius 2 is 1.73 bits per heavy atom. The third kappa shape index (κ3) is 9.90. The van der Waals surface area contributed by atoms with Gasteiger partial charge < -0.3 is 20.7 Å². The quantitative estimate of drug-likeness (QED) is 0.0802. The molecule has 3 aromatic carbocycles. The predicted molar refractivity (Wildman–Crippen MR) is 208 cm³/mol. The van der Waals surface area contributed by atoms with Gasteiger partial charge in [-0.25, -0.2) is 4.79 Å². The maximum Gasteiger partial charge on any atom is 0.341 e. The van der Waals surface area contributed by atoms with Gasteiger partial charge in [0.1, 0.15) is 10.7 Å². The lowest BCUT2D eigenvalue weighted by Gasteiger charge is -2.33. The molecular formula is C40H42ClN3O5S2. The number of anilines is 2. The number of rotatable bonds is 11. The molecule has 11 heteroatoms. The van der Waals surface area contributed by atoms with E-state index in [9.17, 15) is 19.2 Å². The summed E-state index contributed by atoms with van der Waals surface area (Å²) < 4.78 is 5.41. The third-order valence-corrected chi connectivity index (χ3v) is 11.2. The van der Waals surface area contributed by atoms with E-state index in [2.05, 4.69) is 36.7 Å². The van der Waals surface area contributed by atoms with Crippen molar-refractivity contribution in [1.29, 1.82) is 0 Å². The van der Waals surface area contributed by atoms with Crippen molar-refractivity contribution in [2.75, 3.05) is 17.2 Å². The number of carbonyl (C=O) groups is 4. The summed E-state index contributed by atoms with van der Waals surface area (Å²) in [6.07, 6.45) is 4.19. The van der Waals surface area contributed by atoms with E-state index in [0.717, 1.165) is 34.6 Å². The molecular weight excluding hydrogens is 702 g/mol. The van der Waals surface area contributed by atoms with Gasteiger partial charge in [-0.3, -0.25) is 14.4 Å². The van der Waals surface area contributed by atoms with Crippen LogP contribution in [0.2, 0.25) is 5.02 Å². The van der Waals surface area contributed by atoms with Gasteiger partial charge in [0.2, 0.25) is 5.91 Å². The number of thioether (sulfide) groups is 1. The van der Waals surface area contributed by atoms with Gasteiger partial charge in [0.05, 0.1) is 17.4 Å². The van der Waals surface area contributed by atoms with Gasteiger partial charge in [-0.2, -0.15) is 0 Å². The second-order valence-electron chi connectivity index (χ2n) is 13.4. The molecule has 0 aliphatic heterocycles. The van der Waals surface area contributed by atoms with Crippen molar-refractivity contribution in [1.82, 2.24) is 5.32 Å². The van der Waals surface area contributed by atoms with Gasteiger partial charge in [0.15, 0.2) is 0 Å². The van der Waals surface area contributed by atoms with Gasteiger partial charge in [0.25, 0.3) is 11.8 Å². The van der Waals surface area contributed by atoms with E-state index in [0.29, 0.717) is 38.3 Å². The van der Waals surface area contributed by atoms with E-state index in [1.54, 1.807) is 92.7 Å². The molecule has 0 bridgehead atoms. The molecule has 8 nitrogen and oxygen atoms in total. The molecule has 3 amide bonds. The Morgan fingerprint density at radius 1 is 1.00 bits per heavy atom. The summed E-state index contributed by atoms with van der Waals surface area (Å²) in [5.41, 5.74) is 3.21. The number of fused-ring (bicyclic) bond motifs is 1. The van der Waals surface area contributed by atoms with Crippen LogP contribution in [0.5, 0.6) is 0 Å². The number of benzene rings is 3. The van der Waals surface area contributed by atoms with Crippen molar-refractivity contribution in [3.8, 4) is 0 Å². The number of halogens is 1. The van der Waals surface area contributed by atoms with Crippen LogP contribution in [0.15, 0.2) is 89.5 Å². The summed E-state index contributed by atoms with van der Waals surface area (Å²) in [5, 5.41) is 9.19. The molecule has 0 saturated heterocycles. The van der Waals surface area contributed by atoms with Crippen LogP contribution in [-0.2, 0) is 27.2 Å². The molecule has 1 aromatic heterocycles. The first-order chi connectivity index (χ1) is 24.3. The van der Waals surface area contributed by atoms with Gasteiger partial charge in [-0.05, 0) is 104 Å². The molecule has 1 aliphatic rings. The van der Waals surface area contributed by atoms with E-state index in [1.165, 1.54) is 23.1 Å². The second kappa shape index (κ2) is 16.8.